The summed E-state index contributed by atoms with van der Waals surface area (Å²) in [7, 11) is 0. The van der Waals surface area contributed by atoms with Crippen molar-refractivity contribution in [1.29, 1.82) is 0 Å². The molecule has 1 aliphatic rings. The molecule has 3 atom stereocenters. The maximum atomic E-state index is 6.81. The van der Waals surface area contributed by atoms with Crippen LogP contribution in [0.2, 0.25) is 0 Å². The van der Waals surface area contributed by atoms with Crippen LogP contribution in [0, 0.1) is 17.8 Å². The van der Waals surface area contributed by atoms with Crippen molar-refractivity contribution in [1.82, 2.24) is 0 Å². The number of rotatable bonds is 4. The Balaban J connectivity index is 2.04. The van der Waals surface area contributed by atoms with E-state index in [1.54, 1.807) is 11.3 Å². The molecule has 1 fully saturated rings. The zero-order chi connectivity index (χ0) is 13.2. The molecular weight excluding hydrogens is 238 g/mol. The normalized spacial score (nSPS) is 32.9. The molecule has 0 amide bonds. The lowest BCUT2D eigenvalue weighted by Gasteiger charge is -2.46. The first kappa shape index (κ1) is 14.1. The number of hydrogen-bond donors (Lipinski definition) is 1. The highest BCUT2D eigenvalue weighted by molar-refractivity contribution is 7.07. The molecule has 3 unspecified atom stereocenters. The van der Waals surface area contributed by atoms with E-state index in [2.05, 4.69) is 37.6 Å². The van der Waals surface area contributed by atoms with Crippen LogP contribution in [0.1, 0.15) is 52.0 Å². The molecule has 18 heavy (non-hydrogen) atoms. The first-order chi connectivity index (χ1) is 8.51. The number of hydrogen-bond acceptors (Lipinski definition) is 2. The van der Waals surface area contributed by atoms with Crippen molar-refractivity contribution in [2.45, 2.75) is 58.4 Å². The maximum Gasteiger partial charge on any atom is 0.0191 e. The molecule has 1 saturated carbocycles. The fourth-order valence-corrected chi connectivity index (χ4v) is 4.45. The maximum absolute atomic E-state index is 6.81. The first-order valence-corrected chi connectivity index (χ1v) is 8.25. The van der Waals surface area contributed by atoms with Crippen molar-refractivity contribution in [2.24, 2.45) is 23.5 Å². The van der Waals surface area contributed by atoms with Crippen molar-refractivity contribution in [2.75, 3.05) is 0 Å². The van der Waals surface area contributed by atoms with Crippen LogP contribution < -0.4 is 5.73 Å². The molecule has 2 rings (SSSR count). The van der Waals surface area contributed by atoms with E-state index in [4.69, 9.17) is 5.73 Å². The standard InChI is InChI=1S/C16H27NS/c1-12(2)15-5-4-13(3)10-16(15,17)8-6-14-7-9-18-11-14/h7,9,11-13,15H,4-6,8,10,17H2,1-3H3. The molecule has 0 saturated heterocycles. The Kier molecular flexibility index (Phi) is 4.50. The second kappa shape index (κ2) is 5.75. The molecule has 0 aromatic carbocycles. The van der Waals surface area contributed by atoms with Gasteiger partial charge in [-0.2, -0.15) is 11.3 Å². The summed E-state index contributed by atoms with van der Waals surface area (Å²) >= 11 is 1.79. The summed E-state index contributed by atoms with van der Waals surface area (Å²) in [6.45, 7) is 7.04. The predicted molar refractivity (Wildman–Crippen MR) is 80.9 cm³/mol. The summed E-state index contributed by atoms with van der Waals surface area (Å²) in [6, 6.07) is 2.24. The van der Waals surface area contributed by atoms with E-state index in [1.165, 1.54) is 24.8 Å². The van der Waals surface area contributed by atoms with Gasteiger partial charge in [-0.05, 0) is 65.8 Å². The number of thiophene rings is 1. The van der Waals surface area contributed by atoms with Gasteiger partial charge in [0.05, 0.1) is 0 Å². The summed E-state index contributed by atoms with van der Waals surface area (Å²) in [6.07, 6.45) is 6.19. The molecule has 2 heteroatoms. The van der Waals surface area contributed by atoms with E-state index in [0.29, 0.717) is 11.8 Å². The predicted octanol–water partition coefficient (Wildman–Crippen LogP) is 4.47. The van der Waals surface area contributed by atoms with Crippen LogP contribution >= 0.6 is 11.3 Å². The van der Waals surface area contributed by atoms with Crippen LogP contribution in [-0.2, 0) is 6.42 Å². The topological polar surface area (TPSA) is 26.0 Å². The van der Waals surface area contributed by atoms with Gasteiger partial charge in [0.2, 0.25) is 0 Å². The van der Waals surface area contributed by atoms with Crippen LogP contribution in [0.4, 0.5) is 0 Å². The van der Waals surface area contributed by atoms with E-state index in [0.717, 1.165) is 18.8 Å². The van der Waals surface area contributed by atoms with E-state index in [-0.39, 0.29) is 5.54 Å². The summed E-state index contributed by atoms with van der Waals surface area (Å²) < 4.78 is 0. The summed E-state index contributed by atoms with van der Waals surface area (Å²) in [4.78, 5) is 0. The molecule has 1 aliphatic carbocycles. The van der Waals surface area contributed by atoms with Gasteiger partial charge in [0.25, 0.3) is 0 Å². The minimum absolute atomic E-state index is 0.0633. The molecule has 0 aliphatic heterocycles. The molecule has 1 nitrogen and oxygen atoms in total. The third-order valence-corrected chi connectivity index (χ3v) is 5.43. The SMILES string of the molecule is CC1CCC(C(C)C)C(N)(CCc2ccsc2)C1. The quantitative estimate of drug-likeness (QED) is 0.854. The van der Waals surface area contributed by atoms with Crippen molar-refractivity contribution in [3.8, 4) is 0 Å². The van der Waals surface area contributed by atoms with Crippen LogP contribution in [-0.4, -0.2) is 5.54 Å². The lowest BCUT2D eigenvalue weighted by atomic mass is 9.63. The Morgan fingerprint density at radius 1 is 1.44 bits per heavy atom. The highest BCUT2D eigenvalue weighted by Crippen LogP contribution is 2.41. The summed E-state index contributed by atoms with van der Waals surface area (Å²) in [5.74, 6) is 2.21. The fourth-order valence-electron chi connectivity index (χ4n) is 3.75. The third kappa shape index (κ3) is 3.16. The molecule has 0 radical (unpaired) electrons. The zero-order valence-electron chi connectivity index (χ0n) is 12.0. The second-order valence-electron chi connectivity index (χ2n) is 6.60. The van der Waals surface area contributed by atoms with Gasteiger partial charge in [-0.3, -0.25) is 0 Å². The summed E-state index contributed by atoms with van der Waals surface area (Å²) in [5.41, 5.74) is 8.34. The second-order valence-corrected chi connectivity index (χ2v) is 7.38. The van der Waals surface area contributed by atoms with Gasteiger partial charge >= 0.3 is 0 Å². The minimum Gasteiger partial charge on any atom is -0.325 e. The molecule has 1 heterocycles. The smallest absolute Gasteiger partial charge is 0.0191 e. The number of nitrogens with two attached hydrogens (primary N) is 1. The molecule has 2 N–H and O–H groups in total. The van der Waals surface area contributed by atoms with Crippen molar-refractivity contribution < 1.29 is 0 Å². The number of aryl methyl sites for hydroxylation is 1. The van der Waals surface area contributed by atoms with Crippen molar-refractivity contribution in [3.05, 3.63) is 22.4 Å². The van der Waals surface area contributed by atoms with E-state index in [1.807, 2.05) is 0 Å². The lowest BCUT2D eigenvalue weighted by molar-refractivity contribution is 0.102. The van der Waals surface area contributed by atoms with Gasteiger partial charge in [0.1, 0.15) is 0 Å². The van der Waals surface area contributed by atoms with Gasteiger partial charge in [0, 0.05) is 5.54 Å². The first-order valence-electron chi connectivity index (χ1n) is 7.31. The molecule has 1 aromatic rings. The van der Waals surface area contributed by atoms with E-state index in [9.17, 15) is 0 Å². The van der Waals surface area contributed by atoms with E-state index < -0.39 is 0 Å². The van der Waals surface area contributed by atoms with Crippen molar-refractivity contribution in [3.63, 3.8) is 0 Å². The summed E-state index contributed by atoms with van der Waals surface area (Å²) in [5, 5.41) is 4.43. The van der Waals surface area contributed by atoms with Gasteiger partial charge < -0.3 is 5.73 Å². The van der Waals surface area contributed by atoms with E-state index >= 15 is 0 Å². The van der Waals surface area contributed by atoms with Gasteiger partial charge in [-0.1, -0.05) is 27.2 Å². The van der Waals surface area contributed by atoms with Gasteiger partial charge in [-0.25, -0.2) is 0 Å². The van der Waals surface area contributed by atoms with Gasteiger partial charge in [0.15, 0.2) is 0 Å². The highest BCUT2D eigenvalue weighted by Gasteiger charge is 2.40. The molecule has 0 bridgehead atoms. The van der Waals surface area contributed by atoms with Crippen LogP contribution in [0.5, 0.6) is 0 Å². The average Bonchev–Trinajstić information content (AvgIpc) is 2.78. The van der Waals surface area contributed by atoms with Gasteiger partial charge in [-0.15, -0.1) is 0 Å². The van der Waals surface area contributed by atoms with Crippen molar-refractivity contribution >= 4 is 11.3 Å². The van der Waals surface area contributed by atoms with Crippen LogP contribution in [0.3, 0.4) is 0 Å². The Bertz CT molecular complexity index is 357. The Hall–Kier alpha value is -0.340. The lowest BCUT2D eigenvalue weighted by Crippen LogP contribution is -2.53. The Labute approximate surface area is 116 Å². The Morgan fingerprint density at radius 3 is 2.83 bits per heavy atom. The molecule has 102 valence electrons. The minimum atomic E-state index is 0.0633. The highest BCUT2D eigenvalue weighted by atomic mass is 32.1. The zero-order valence-corrected chi connectivity index (χ0v) is 12.8. The third-order valence-electron chi connectivity index (χ3n) is 4.70. The average molecular weight is 265 g/mol. The van der Waals surface area contributed by atoms with Crippen LogP contribution in [0.15, 0.2) is 16.8 Å². The largest absolute Gasteiger partial charge is 0.325 e. The molecular formula is C16H27NS. The molecule has 1 aromatic heterocycles. The Morgan fingerprint density at radius 2 is 2.22 bits per heavy atom. The van der Waals surface area contributed by atoms with Crippen LogP contribution in [0.25, 0.3) is 0 Å². The monoisotopic (exact) mass is 265 g/mol. The fraction of sp³-hybridized carbons (Fsp3) is 0.750. The molecule has 0 spiro atoms.